The van der Waals surface area contributed by atoms with Crippen molar-refractivity contribution in [2.75, 3.05) is 4.90 Å². The highest BCUT2D eigenvalue weighted by Crippen LogP contribution is 2.34. The summed E-state index contributed by atoms with van der Waals surface area (Å²) in [6.07, 6.45) is 0. The molecule has 3 rings (SSSR count). The molecule has 3 aromatic rings. The molecule has 6 heteroatoms. The van der Waals surface area contributed by atoms with Crippen LogP contribution in [0.4, 0.5) is 10.8 Å². The monoisotopic (exact) mass is 448 g/mol. The number of hydrogen-bond acceptors (Lipinski definition) is 3. The molecule has 0 spiro atoms. The Morgan fingerprint density at radius 1 is 1.15 bits per heavy atom. The minimum atomic E-state index is -0.643. The first-order valence-corrected chi connectivity index (χ1v) is 10.2. The maximum Gasteiger partial charge on any atom is 0.251 e. The van der Waals surface area contributed by atoms with E-state index in [1.807, 2.05) is 55.6 Å². The number of halogens is 2. The van der Waals surface area contributed by atoms with Gasteiger partial charge in [0.05, 0.1) is 11.4 Å². The smallest absolute Gasteiger partial charge is 0.251 e. The predicted molar refractivity (Wildman–Crippen MR) is 114 cm³/mol. The number of alkyl halides is 1. The third kappa shape index (κ3) is 4.17. The summed E-state index contributed by atoms with van der Waals surface area (Å²) in [5, 5.41) is 1.93. The lowest BCUT2D eigenvalue weighted by atomic mass is 10.1. The van der Waals surface area contributed by atoms with E-state index in [0.29, 0.717) is 5.13 Å². The van der Waals surface area contributed by atoms with Crippen LogP contribution in [0.5, 0.6) is 0 Å². The van der Waals surface area contributed by atoms with Gasteiger partial charge in [0.25, 0.3) is 5.91 Å². The van der Waals surface area contributed by atoms with Crippen LogP contribution in [0.15, 0.2) is 52.3 Å². The third-order valence-corrected chi connectivity index (χ3v) is 5.39. The lowest BCUT2D eigenvalue weighted by Crippen LogP contribution is -2.31. The van der Waals surface area contributed by atoms with Crippen LogP contribution in [0.25, 0.3) is 11.3 Å². The van der Waals surface area contributed by atoms with Gasteiger partial charge < -0.3 is 0 Å². The van der Waals surface area contributed by atoms with E-state index in [1.165, 1.54) is 11.3 Å². The van der Waals surface area contributed by atoms with E-state index in [-0.39, 0.29) is 5.91 Å². The Morgan fingerprint density at radius 3 is 2.35 bits per heavy atom. The summed E-state index contributed by atoms with van der Waals surface area (Å²) in [5.41, 5.74) is 4.80. The average Bonchev–Trinajstić information content (AvgIpc) is 3.04. The molecule has 2 aromatic carbocycles. The molecule has 0 fully saturated rings. The Balaban J connectivity index is 2.05. The first-order valence-electron chi connectivity index (χ1n) is 8.13. The summed E-state index contributed by atoms with van der Waals surface area (Å²) in [5.74, 6) is -0.187. The predicted octanol–water partition coefficient (Wildman–Crippen LogP) is 6.48. The molecule has 1 unspecified atom stereocenters. The highest BCUT2D eigenvalue weighted by molar-refractivity contribution is 9.10. The number of aromatic nitrogens is 1. The van der Waals surface area contributed by atoms with Crippen LogP contribution >= 0.6 is 38.9 Å². The fourth-order valence-electron chi connectivity index (χ4n) is 2.71. The summed E-state index contributed by atoms with van der Waals surface area (Å²) in [7, 11) is 0. The van der Waals surface area contributed by atoms with Crippen LogP contribution in [-0.2, 0) is 4.79 Å². The molecule has 26 heavy (non-hydrogen) atoms. The van der Waals surface area contributed by atoms with Gasteiger partial charge in [-0.1, -0.05) is 34.1 Å². The van der Waals surface area contributed by atoms with Crippen molar-refractivity contribution in [2.45, 2.75) is 26.1 Å². The van der Waals surface area contributed by atoms with E-state index in [4.69, 9.17) is 16.6 Å². The number of amides is 1. The van der Waals surface area contributed by atoms with Gasteiger partial charge in [0.1, 0.15) is 5.38 Å². The Bertz CT molecular complexity index is 917. The first-order chi connectivity index (χ1) is 12.3. The Morgan fingerprint density at radius 2 is 1.77 bits per heavy atom. The van der Waals surface area contributed by atoms with Gasteiger partial charge in [-0.15, -0.1) is 22.9 Å². The van der Waals surface area contributed by atoms with Crippen molar-refractivity contribution in [1.29, 1.82) is 0 Å². The Kier molecular flexibility index (Phi) is 5.80. The lowest BCUT2D eigenvalue weighted by molar-refractivity contribution is -0.117. The maximum absolute atomic E-state index is 12.8. The molecule has 0 aliphatic carbocycles. The number of carbonyl (C=O) groups is 1. The fraction of sp³-hybridized carbons (Fsp3) is 0.200. The summed E-state index contributed by atoms with van der Waals surface area (Å²) in [4.78, 5) is 19.1. The molecule has 0 radical (unpaired) electrons. The van der Waals surface area contributed by atoms with Crippen LogP contribution in [-0.4, -0.2) is 16.3 Å². The second-order valence-electron chi connectivity index (χ2n) is 6.16. The molecule has 1 heterocycles. The lowest BCUT2D eigenvalue weighted by Gasteiger charge is -2.22. The number of hydrogen-bond donors (Lipinski definition) is 0. The maximum atomic E-state index is 12.8. The largest absolute Gasteiger partial charge is 0.272 e. The van der Waals surface area contributed by atoms with E-state index in [9.17, 15) is 4.79 Å². The second kappa shape index (κ2) is 7.91. The van der Waals surface area contributed by atoms with E-state index >= 15 is 0 Å². The average molecular weight is 450 g/mol. The number of aryl methyl sites for hydroxylation is 2. The highest BCUT2D eigenvalue weighted by Gasteiger charge is 2.25. The van der Waals surface area contributed by atoms with Crippen molar-refractivity contribution in [2.24, 2.45) is 0 Å². The van der Waals surface area contributed by atoms with Crippen LogP contribution in [0.2, 0.25) is 0 Å². The van der Waals surface area contributed by atoms with Crippen molar-refractivity contribution >= 4 is 55.6 Å². The van der Waals surface area contributed by atoms with Crippen LogP contribution < -0.4 is 4.90 Å². The number of carbonyl (C=O) groups excluding carboxylic acids is 1. The minimum Gasteiger partial charge on any atom is -0.272 e. The number of anilines is 2. The molecule has 0 aliphatic rings. The van der Waals surface area contributed by atoms with E-state index in [0.717, 1.165) is 32.5 Å². The van der Waals surface area contributed by atoms with Gasteiger partial charge in [-0.2, -0.15) is 0 Å². The number of benzene rings is 2. The SMILES string of the molecule is Cc1cc(C)cc(N(C(=O)C(C)Cl)c2nc(-c3ccc(Br)cc3)cs2)c1. The van der Waals surface area contributed by atoms with Crippen LogP contribution in [0.1, 0.15) is 18.1 Å². The van der Waals surface area contributed by atoms with Gasteiger partial charge in [0.2, 0.25) is 0 Å². The minimum absolute atomic E-state index is 0.187. The molecular weight excluding hydrogens is 432 g/mol. The molecule has 1 aromatic heterocycles. The van der Waals surface area contributed by atoms with Gasteiger partial charge >= 0.3 is 0 Å². The van der Waals surface area contributed by atoms with Crippen molar-refractivity contribution in [1.82, 2.24) is 4.98 Å². The summed E-state index contributed by atoms with van der Waals surface area (Å²) in [6.45, 7) is 5.71. The highest BCUT2D eigenvalue weighted by atomic mass is 79.9. The topological polar surface area (TPSA) is 33.2 Å². The van der Waals surface area contributed by atoms with Crippen LogP contribution in [0.3, 0.4) is 0 Å². The Labute approximate surface area is 170 Å². The van der Waals surface area contributed by atoms with Gasteiger partial charge in [0.15, 0.2) is 5.13 Å². The zero-order chi connectivity index (χ0) is 18.8. The molecule has 0 N–H and O–H groups in total. The summed E-state index contributed by atoms with van der Waals surface area (Å²) < 4.78 is 1.01. The molecular formula is C20H18BrClN2OS. The molecule has 0 aliphatic heterocycles. The molecule has 1 amide bonds. The molecule has 3 nitrogen and oxygen atoms in total. The van der Waals surface area contributed by atoms with Gasteiger partial charge in [-0.25, -0.2) is 4.98 Å². The zero-order valence-electron chi connectivity index (χ0n) is 14.7. The normalized spacial score (nSPS) is 12.0. The quantitative estimate of drug-likeness (QED) is 0.427. The van der Waals surface area contributed by atoms with Crippen molar-refractivity contribution in [3.05, 3.63) is 63.4 Å². The van der Waals surface area contributed by atoms with Crippen LogP contribution in [0, 0.1) is 13.8 Å². The van der Waals surface area contributed by atoms with Gasteiger partial charge in [0, 0.05) is 15.4 Å². The molecule has 1 atom stereocenters. The fourth-order valence-corrected chi connectivity index (χ4v) is 3.93. The molecule has 0 saturated heterocycles. The number of nitrogens with zero attached hydrogens (tertiary/aromatic N) is 2. The molecule has 134 valence electrons. The van der Waals surface area contributed by atoms with Crippen molar-refractivity contribution < 1.29 is 4.79 Å². The second-order valence-corrected chi connectivity index (χ2v) is 8.56. The number of thiazole rings is 1. The first kappa shape index (κ1) is 19.1. The standard InChI is InChI=1S/C20H18BrClN2OS/c1-12-8-13(2)10-17(9-12)24(19(25)14(3)22)20-23-18(11-26-20)15-4-6-16(21)7-5-15/h4-11,14H,1-3H3. The van der Waals surface area contributed by atoms with E-state index in [1.54, 1.807) is 11.8 Å². The van der Waals surface area contributed by atoms with Gasteiger partial charge in [-0.3, -0.25) is 9.69 Å². The summed E-state index contributed by atoms with van der Waals surface area (Å²) in [6, 6.07) is 14.0. The Hall–Kier alpha value is -1.69. The van der Waals surface area contributed by atoms with E-state index < -0.39 is 5.38 Å². The van der Waals surface area contributed by atoms with E-state index in [2.05, 4.69) is 22.0 Å². The summed E-state index contributed by atoms with van der Waals surface area (Å²) >= 11 is 11.0. The van der Waals surface area contributed by atoms with Crippen molar-refractivity contribution in [3.63, 3.8) is 0 Å². The number of rotatable bonds is 4. The zero-order valence-corrected chi connectivity index (χ0v) is 17.8. The van der Waals surface area contributed by atoms with Crippen molar-refractivity contribution in [3.8, 4) is 11.3 Å². The van der Waals surface area contributed by atoms with Gasteiger partial charge in [-0.05, 0) is 56.2 Å². The molecule has 0 bridgehead atoms. The third-order valence-electron chi connectivity index (χ3n) is 3.85. The molecule has 0 saturated carbocycles.